The Labute approximate surface area is 159 Å². The van der Waals surface area contributed by atoms with Gasteiger partial charge in [-0.1, -0.05) is 44.2 Å². The predicted molar refractivity (Wildman–Crippen MR) is 110 cm³/mol. The van der Waals surface area contributed by atoms with E-state index in [1.807, 2.05) is 37.4 Å². The van der Waals surface area contributed by atoms with Gasteiger partial charge >= 0.3 is 0 Å². The van der Waals surface area contributed by atoms with E-state index in [4.69, 9.17) is 0 Å². The highest BCUT2D eigenvalue weighted by Crippen LogP contribution is 2.27. The van der Waals surface area contributed by atoms with Crippen LogP contribution in [0.15, 0.2) is 47.8 Å². The number of benzene rings is 2. The van der Waals surface area contributed by atoms with Gasteiger partial charge in [0.25, 0.3) is 5.91 Å². The summed E-state index contributed by atoms with van der Waals surface area (Å²) in [5.74, 6) is 0.438. The molecule has 1 unspecified atom stereocenters. The number of carbonyl (C=O) groups is 1. The summed E-state index contributed by atoms with van der Waals surface area (Å²) in [5.41, 5.74) is 6.25. The molecule has 3 aromatic rings. The van der Waals surface area contributed by atoms with Crippen LogP contribution in [-0.4, -0.2) is 10.9 Å². The molecule has 0 saturated carbocycles. The van der Waals surface area contributed by atoms with Crippen molar-refractivity contribution in [3.63, 3.8) is 0 Å². The minimum atomic E-state index is -0.124. The van der Waals surface area contributed by atoms with Gasteiger partial charge in [-0.3, -0.25) is 10.1 Å². The molecule has 0 saturated heterocycles. The monoisotopic (exact) mass is 364 g/mol. The number of nitrogens with zero attached hydrogens (tertiary/aromatic N) is 1. The second-order valence-corrected chi connectivity index (χ2v) is 7.58. The molecule has 1 amide bonds. The molecule has 0 aliphatic carbocycles. The van der Waals surface area contributed by atoms with Crippen molar-refractivity contribution in [1.29, 1.82) is 0 Å². The lowest BCUT2D eigenvalue weighted by atomic mass is 9.97. The van der Waals surface area contributed by atoms with Gasteiger partial charge in [-0.15, -0.1) is 11.3 Å². The van der Waals surface area contributed by atoms with Crippen LogP contribution in [0.3, 0.4) is 0 Å². The van der Waals surface area contributed by atoms with Crippen LogP contribution in [-0.2, 0) is 0 Å². The van der Waals surface area contributed by atoms with E-state index in [9.17, 15) is 4.79 Å². The number of aromatic nitrogens is 1. The molecule has 1 N–H and O–H groups in total. The summed E-state index contributed by atoms with van der Waals surface area (Å²) >= 11 is 1.45. The van der Waals surface area contributed by atoms with Crippen molar-refractivity contribution in [3.05, 3.63) is 70.1 Å². The van der Waals surface area contributed by atoms with Gasteiger partial charge in [0.1, 0.15) is 0 Å². The molecule has 1 heterocycles. The summed E-state index contributed by atoms with van der Waals surface area (Å²) in [6.07, 6.45) is 1.13. The summed E-state index contributed by atoms with van der Waals surface area (Å²) in [4.78, 5) is 17.0. The molecule has 0 fully saturated rings. The van der Waals surface area contributed by atoms with Crippen molar-refractivity contribution in [2.45, 2.75) is 40.0 Å². The molecule has 26 heavy (non-hydrogen) atoms. The quantitative estimate of drug-likeness (QED) is 0.586. The zero-order valence-electron chi connectivity index (χ0n) is 15.7. The first kappa shape index (κ1) is 18.3. The van der Waals surface area contributed by atoms with Gasteiger partial charge in [-0.25, -0.2) is 4.98 Å². The minimum absolute atomic E-state index is 0.124. The first-order valence-electron chi connectivity index (χ1n) is 8.92. The van der Waals surface area contributed by atoms with Gasteiger partial charge < -0.3 is 0 Å². The molecule has 0 aliphatic rings. The maximum atomic E-state index is 12.4. The van der Waals surface area contributed by atoms with Crippen LogP contribution in [0.4, 0.5) is 5.13 Å². The number of aryl methyl sites for hydroxylation is 2. The lowest BCUT2D eigenvalue weighted by Gasteiger charge is -2.09. The molecule has 0 bridgehead atoms. The molecule has 3 nitrogen and oxygen atoms in total. The fourth-order valence-corrected chi connectivity index (χ4v) is 3.45. The molecule has 0 aliphatic heterocycles. The normalized spacial score (nSPS) is 12.0. The number of nitrogens with one attached hydrogen (secondary N) is 1. The van der Waals surface area contributed by atoms with Gasteiger partial charge in [-0.05, 0) is 55.0 Å². The molecule has 0 spiro atoms. The lowest BCUT2D eigenvalue weighted by molar-refractivity contribution is 0.102. The average Bonchev–Trinajstić information content (AvgIpc) is 3.11. The zero-order chi connectivity index (χ0) is 18.7. The Bertz CT molecular complexity index is 912. The van der Waals surface area contributed by atoms with E-state index in [1.165, 1.54) is 22.5 Å². The van der Waals surface area contributed by atoms with Crippen molar-refractivity contribution in [3.8, 4) is 11.3 Å². The summed E-state index contributed by atoms with van der Waals surface area (Å²) in [7, 11) is 0. The van der Waals surface area contributed by atoms with E-state index in [0.717, 1.165) is 23.2 Å². The van der Waals surface area contributed by atoms with Gasteiger partial charge in [0.2, 0.25) is 0 Å². The fourth-order valence-electron chi connectivity index (χ4n) is 2.73. The van der Waals surface area contributed by atoms with Crippen LogP contribution in [0.2, 0.25) is 0 Å². The maximum absolute atomic E-state index is 12.4. The first-order valence-corrected chi connectivity index (χ1v) is 9.80. The summed E-state index contributed by atoms with van der Waals surface area (Å²) in [6, 6.07) is 14.3. The Hall–Kier alpha value is -2.46. The Morgan fingerprint density at radius 2 is 1.85 bits per heavy atom. The molecule has 3 rings (SSSR count). The number of rotatable bonds is 5. The fraction of sp³-hybridized carbons (Fsp3) is 0.273. The highest BCUT2D eigenvalue weighted by Gasteiger charge is 2.11. The molecular formula is C22H24N2OS. The Balaban J connectivity index is 1.73. The van der Waals surface area contributed by atoms with Crippen molar-refractivity contribution >= 4 is 22.4 Å². The third kappa shape index (κ3) is 4.02. The third-order valence-corrected chi connectivity index (χ3v) is 5.64. The number of amides is 1. The maximum Gasteiger partial charge on any atom is 0.257 e. The topological polar surface area (TPSA) is 42.0 Å². The van der Waals surface area contributed by atoms with Gasteiger partial charge in [0, 0.05) is 16.5 Å². The zero-order valence-corrected chi connectivity index (χ0v) is 16.5. The van der Waals surface area contributed by atoms with E-state index >= 15 is 0 Å². The Morgan fingerprint density at radius 3 is 2.50 bits per heavy atom. The molecule has 4 heteroatoms. The van der Waals surface area contributed by atoms with Crippen LogP contribution in [0, 0.1) is 13.8 Å². The van der Waals surface area contributed by atoms with E-state index in [0.29, 0.717) is 16.6 Å². The number of carbonyl (C=O) groups excluding carboxylic acids is 1. The minimum Gasteiger partial charge on any atom is -0.298 e. The van der Waals surface area contributed by atoms with Gasteiger partial charge in [-0.2, -0.15) is 0 Å². The van der Waals surface area contributed by atoms with E-state index in [2.05, 4.69) is 48.4 Å². The Kier molecular flexibility index (Phi) is 5.52. The average molecular weight is 365 g/mol. The van der Waals surface area contributed by atoms with E-state index < -0.39 is 0 Å². The second kappa shape index (κ2) is 7.83. The summed E-state index contributed by atoms with van der Waals surface area (Å²) in [6.45, 7) is 8.48. The largest absolute Gasteiger partial charge is 0.298 e. The van der Waals surface area contributed by atoms with E-state index in [-0.39, 0.29) is 5.91 Å². The number of hydrogen-bond donors (Lipinski definition) is 1. The molecule has 1 aromatic heterocycles. The number of anilines is 1. The predicted octanol–water partition coefficient (Wildman–Crippen LogP) is 6.19. The molecular weight excluding hydrogens is 340 g/mol. The molecule has 0 radical (unpaired) electrons. The van der Waals surface area contributed by atoms with Crippen LogP contribution in [0.1, 0.15) is 53.2 Å². The third-order valence-electron chi connectivity index (χ3n) is 4.88. The van der Waals surface area contributed by atoms with Gasteiger partial charge in [0.05, 0.1) is 5.69 Å². The standard InChI is InChI=1S/C22H24N2OS/c1-5-14(2)17-8-10-18(11-9-17)20-13-26-22(23-20)24-21(25)19-7-6-15(3)16(4)12-19/h6-14H,5H2,1-4H3,(H,23,24,25). The second-order valence-electron chi connectivity index (χ2n) is 6.72. The van der Waals surface area contributed by atoms with Crippen molar-refractivity contribution < 1.29 is 4.79 Å². The number of hydrogen-bond acceptors (Lipinski definition) is 3. The van der Waals surface area contributed by atoms with Crippen LogP contribution in [0.25, 0.3) is 11.3 Å². The molecule has 2 aromatic carbocycles. The van der Waals surface area contributed by atoms with E-state index in [1.54, 1.807) is 0 Å². The number of thiazole rings is 1. The summed E-state index contributed by atoms with van der Waals surface area (Å²) < 4.78 is 0. The first-order chi connectivity index (χ1) is 12.5. The van der Waals surface area contributed by atoms with Crippen molar-refractivity contribution in [1.82, 2.24) is 4.98 Å². The SMILES string of the molecule is CCC(C)c1ccc(-c2csc(NC(=O)c3ccc(C)c(C)c3)n2)cc1. The molecule has 1 atom stereocenters. The van der Waals surface area contributed by atoms with Crippen LogP contribution in [0.5, 0.6) is 0 Å². The van der Waals surface area contributed by atoms with Crippen molar-refractivity contribution in [2.75, 3.05) is 5.32 Å². The lowest BCUT2D eigenvalue weighted by Crippen LogP contribution is -2.12. The smallest absolute Gasteiger partial charge is 0.257 e. The van der Waals surface area contributed by atoms with Gasteiger partial charge in [0.15, 0.2) is 5.13 Å². The van der Waals surface area contributed by atoms with Crippen LogP contribution < -0.4 is 5.32 Å². The highest BCUT2D eigenvalue weighted by molar-refractivity contribution is 7.14. The Morgan fingerprint density at radius 1 is 1.12 bits per heavy atom. The van der Waals surface area contributed by atoms with Crippen molar-refractivity contribution in [2.24, 2.45) is 0 Å². The highest BCUT2D eigenvalue weighted by atomic mass is 32.1. The summed E-state index contributed by atoms with van der Waals surface area (Å²) in [5, 5.41) is 5.50. The van der Waals surface area contributed by atoms with Crippen LogP contribution >= 0.6 is 11.3 Å². The molecule has 134 valence electrons.